The summed E-state index contributed by atoms with van der Waals surface area (Å²) < 4.78 is 27.6. The zero-order chi connectivity index (χ0) is 29.4. The molecule has 0 aromatic heterocycles. The Morgan fingerprint density at radius 3 is 2.24 bits per heavy atom. The highest BCUT2D eigenvalue weighted by atomic mass is 79.9. The number of benzene rings is 3. The minimum absolute atomic E-state index is 0.0490. The molecule has 4 rings (SSSR count). The first-order chi connectivity index (χ1) is 19.6. The lowest BCUT2D eigenvalue weighted by molar-refractivity contribution is -0.140. The molecule has 1 saturated carbocycles. The number of carbonyl (C=O) groups excluding carboxylic acids is 2. The van der Waals surface area contributed by atoms with Crippen molar-refractivity contribution in [3.63, 3.8) is 0 Å². The molecule has 0 radical (unpaired) electrons. The molecule has 10 heteroatoms. The summed E-state index contributed by atoms with van der Waals surface area (Å²) in [5.74, 6) is -0.733. The van der Waals surface area contributed by atoms with Gasteiger partial charge in [0.15, 0.2) is 0 Å². The molecule has 41 heavy (non-hydrogen) atoms. The molecule has 1 atom stereocenters. The van der Waals surface area contributed by atoms with E-state index in [0.29, 0.717) is 10.7 Å². The van der Waals surface area contributed by atoms with Gasteiger partial charge in [-0.3, -0.25) is 13.9 Å². The van der Waals surface area contributed by atoms with Crippen LogP contribution in [0.15, 0.2) is 83.3 Å². The lowest BCUT2D eigenvalue weighted by Gasteiger charge is -2.35. The van der Waals surface area contributed by atoms with Crippen LogP contribution in [0.2, 0.25) is 5.02 Å². The highest BCUT2D eigenvalue weighted by Gasteiger charge is 2.34. The van der Waals surface area contributed by atoms with Gasteiger partial charge in [0.05, 0.1) is 11.9 Å². The van der Waals surface area contributed by atoms with Gasteiger partial charge in [0.1, 0.15) is 12.6 Å². The molecule has 0 heterocycles. The fourth-order valence-corrected chi connectivity index (χ4v) is 6.48. The minimum atomic E-state index is -3.82. The Labute approximate surface area is 256 Å². The molecular formula is C31H35BrClN3O4S. The third-order valence-electron chi connectivity index (χ3n) is 7.26. The van der Waals surface area contributed by atoms with Crippen molar-refractivity contribution in [2.75, 3.05) is 17.1 Å². The third kappa shape index (κ3) is 9.05. The second-order valence-corrected chi connectivity index (χ2v) is 13.7. The maximum absolute atomic E-state index is 14.2. The van der Waals surface area contributed by atoms with E-state index >= 15 is 0 Å². The van der Waals surface area contributed by atoms with E-state index in [2.05, 4.69) is 21.2 Å². The van der Waals surface area contributed by atoms with E-state index in [1.54, 1.807) is 42.5 Å². The first-order valence-electron chi connectivity index (χ1n) is 13.7. The maximum Gasteiger partial charge on any atom is 0.244 e. The number of anilines is 1. The molecule has 3 aromatic rings. The molecule has 0 bridgehead atoms. The van der Waals surface area contributed by atoms with Crippen molar-refractivity contribution in [2.24, 2.45) is 0 Å². The van der Waals surface area contributed by atoms with Crippen LogP contribution in [0.1, 0.15) is 43.2 Å². The van der Waals surface area contributed by atoms with Gasteiger partial charge >= 0.3 is 0 Å². The van der Waals surface area contributed by atoms with Crippen LogP contribution in [0.3, 0.4) is 0 Å². The Hall–Kier alpha value is -2.88. The lowest BCUT2D eigenvalue weighted by Crippen LogP contribution is -2.55. The molecule has 1 N–H and O–H groups in total. The van der Waals surface area contributed by atoms with Crippen molar-refractivity contribution in [2.45, 2.75) is 57.2 Å². The second-order valence-electron chi connectivity index (χ2n) is 10.4. The van der Waals surface area contributed by atoms with Crippen molar-refractivity contribution in [3.8, 4) is 0 Å². The standard InChI is InChI=1S/C31H35BrClN3O4S/c1-41(39,40)36(28-17-15-25(32)16-18-28)22-30(37)35(21-24-11-8-12-26(33)19-24)29(20-23-9-4-2-5-10-23)31(38)34-27-13-6-3-7-14-27/h2,4-5,8-12,15-19,27,29H,3,6-7,13-14,20-22H2,1H3,(H,34,38). The van der Waals surface area contributed by atoms with Gasteiger partial charge in [-0.2, -0.15) is 0 Å². The summed E-state index contributed by atoms with van der Waals surface area (Å²) in [7, 11) is -3.82. The molecule has 218 valence electrons. The van der Waals surface area contributed by atoms with Crippen LogP contribution >= 0.6 is 27.5 Å². The summed E-state index contributed by atoms with van der Waals surface area (Å²) in [5, 5.41) is 3.71. The van der Waals surface area contributed by atoms with Crippen LogP contribution in [0, 0.1) is 0 Å². The third-order valence-corrected chi connectivity index (χ3v) is 9.16. The number of carbonyl (C=O) groups is 2. The fraction of sp³-hybridized carbons (Fsp3) is 0.355. The van der Waals surface area contributed by atoms with Crippen molar-refractivity contribution >= 4 is 55.1 Å². The minimum Gasteiger partial charge on any atom is -0.352 e. The summed E-state index contributed by atoms with van der Waals surface area (Å²) in [4.78, 5) is 29.6. The molecule has 0 saturated heterocycles. The monoisotopic (exact) mass is 659 g/mol. The van der Waals surface area contributed by atoms with Crippen LogP contribution in [0.25, 0.3) is 0 Å². The van der Waals surface area contributed by atoms with E-state index < -0.39 is 28.5 Å². The van der Waals surface area contributed by atoms with E-state index in [4.69, 9.17) is 11.6 Å². The Bertz CT molecular complexity index is 1430. The Morgan fingerprint density at radius 1 is 0.951 bits per heavy atom. The van der Waals surface area contributed by atoms with E-state index in [-0.39, 0.29) is 24.9 Å². The summed E-state index contributed by atoms with van der Waals surface area (Å²) in [5.41, 5.74) is 2.00. The van der Waals surface area contributed by atoms with E-state index in [1.807, 2.05) is 36.4 Å². The number of nitrogens with one attached hydrogen (secondary N) is 1. The van der Waals surface area contributed by atoms with Gasteiger partial charge in [0.25, 0.3) is 0 Å². The molecule has 3 aromatic carbocycles. The van der Waals surface area contributed by atoms with Gasteiger partial charge in [0.2, 0.25) is 21.8 Å². The van der Waals surface area contributed by atoms with Crippen LogP contribution < -0.4 is 9.62 Å². The second kappa shape index (κ2) is 14.3. The van der Waals surface area contributed by atoms with Crippen LogP contribution in [-0.4, -0.2) is 50.0 Å². The molecule has 1 unspecified atom stereocenters. The Balaban J connectivity index is 1.71. The Kier molecular flexibility index (Phi) is 10.9. The van der Waals surface area contributed by atoms with E-state index in [1.165, 1.54) is 4.90 Å². The summed E-state index contributed by atoms with van der Waals surface area (Å²) >= 11 is 9.64. The predicted molar refractivity (Wildman–Crippen MR) is 167 cm³/mol. The summed E-state index contributed by atoms with van der Waals surface area (Å²) in [6.45, 7) is -0.365. The average Bonchev–Trinajstić information content (AvgIpc) is 2.94. The molecule has 1 fully saturated rings. The number of hydrogen-bond donors (Lipinski definition) is 1. The maximum atomic E-state index is 14.2. The smallest absolute Gasteiger partial charge is 0.244 e. The topological polar surface area (TPSA) is 86.8 Å². The molecule has 1 aliphatic rings. The molecule has 0 spiro atoms. The van der Waals surface area contributed by atoms with Crippen molar-refractivity contribution in [1.29, 1.82) is 0 Å². The molecule has 1 aliphatic carbocycles. The van der Waals surface area contributed by atoms with Crippen LogP contribution in [0.5, 0.6) is 0 Å². The van der Waals surface area contributed by atoms with Crippen LogP contribution in [0.4, 0.5) is 5.69 Å². The normalized spacial score (nSPS) is 14.7. The molecule has 2 amide bonds. The first kappa shape index (κ1) is 31.1. The van der Waals surface area contributed by atoms with Crippen molar-refractivity contribution in [1.82, 2.24) is 10.2 Å². The number of halogens is 2. The average molecular weight is 661 g/mol. The van der Waals surface area contributed by atoms with Gasteiger partial charge in [0, 0.05) is 28.5 Å². The van der Waals surface area contributed by atoms with Crippen molar-refractivity contribution in [3.05, 3.63) is 99.5 Å². The summed E-state index contributed by atoms with van der Waals surface area (Å²) in [6, 6.07) is 22.6. The summed E-state index contributed by atoms with van der Waals surface area (Å²) in [6.07, 6.45) is 6.40. The fourth-order valence-electron chi connectivity index (χ4n) is 5.15. The van der Waals surface area contributed by atoms with Gasteiger partial charge in [-0.1, -0.05) is 89.3 Å². The highest BCUT2D eigenvalue weighted by molar-refractivity contribution is 9.10. The molecule has 7 nitrogen and oxygen atoms in total. The van der Waals surface area contributed by atoms with E-state index in [9.17, 15) is 18.0 Å². The van der Waals surface area contributed by atoms with Gasteiger partial charge in [-0.05, 0) is 60.4 Å². The number of hydrogen-bond acceptors (Lipinski definition) is 4. The van der Waals surface area contributed by atoms with E-state index in [0.717, 1.165) is 58.3 Å². The molecular weight excluding hydrogens is 626 g/mol. The van der Waals surface area contributed by atoms with Crippen molar-refractivity contribution < 1.29 is 18.0 Å². The number of rotatable bonds is 11. The van der Waals surface area contributed by atoms with Gasteiger partial charge in [-0.25, -0.2) is 8.42 Å². The number of nitrogens with zero attached hydrogens (tertiary/aromatic N) is 2. The lowest BCUT2D eigenvalue weighted by atomic mass is 9.94. The Morgan fingerprint density at radius 2 is 1.61 bits per heavy atom. The zero-order valence-corrected chi connectivity index (χ0v) is 26.2. The molecule has 0 aliphatic heterocycles. The highest BCUT2D eigenvalue weighted by Crippen LogP contribution is 2.24. The van der Waals surface area contributed by atoms with Gasteiger partial charge in [-0.15, -0.1) is 0 Å². The predicted octanol–water partition coefficient (Wildman–Crippen LogP) is 5.96. The number of amides is 2. The largest absolute Gasteiger partial charge is 0.352 e. The quantitative estimate of drug-likeness (QED) is 0.275. The zero-order valence-electron chi connectivity index (χ0n) is 23.0. The van der Waals surface area contributed by atoms with Crippen LogP contribution in [-0.2, 0) is 32.6 Å². The first-order valence-corrected chi connectivity index (χ1v) is 16.7. The number of sulfonamides is 1. The van der Waals surface area contributed by atoms with Gasteiger partial charge < -0.3 is 10.2 Å². The SMILES string of the molecule is CS(=O)(=O)N(CC(=O)N(Cc1cccc(Cl)c1)C(Cc1ccccc1)C(=O)NC1CCCCC1)c1ccc(Br)cc1.